The summed E-state index contributed by atoms with van der Waals surface area (Å²) in [5, 5.41) is 8.25. The maximum atomic E-state index is 12.4. The van der Waals surface area contributed by atoms with E-state index in [1.165, 1.54) is 18.2 Å². The number of nitrogens with zero attached hydrogens (tertiary/aromatic N) is 1. The third kappa shape index (κ3) is 5.99. The van der Waals surface area contributed by atoms with E-state index in [0.29, 0.717) is 27.0 Å². The Balaban J connectivity index is 1.66. The molecular formula is C22H15Cl4N3O2. The number of hydrogen-bond acceptors (Lipinski definition) is 3. The molecule has 0 aliphatic heterocycles. The van der Waals surface area contributed by atoms with Crippen molar-refractivity contribution < 1.29 is 9.59 Å². The Morgan fingerprint density at radius 3 is 1.77 bits per heavy atom. The molecule has 0 saturated carbocycles. The van der Waals surface area contributed by atoms with Gasteiger partial charge in [0.15, 0.2) is 0 Å². The van der Waals surface area contributed by atoms with Gasteiger partial charge in [0.2, 0.25) is 0 Å². The quantitative estimate of drug-likeness (QED) is 0.305. The molecule has 9 heteroatoms. The second-order valence-corrected chi connectivity index (χ2v) is 8.11. The van der Waals surface area contributed by atoms with E-state index in [0.717, 1.165) is 5.56 Å². The van der Waals surface area contributed by atoms with Gasteiger partial charge in [0.05, 0.1) is 26.9 Å². The van der Waals surface area contributed by atoms with Gasteiger partial charge in [-0.3, -0.25) is 9.59 Å². The van der Waals surface area contributed by atoms with Crippen molar-refractivity contribution in [1.29, 1.82) is 0 Å². The predicted octanol–water partition coefficient (Wildman–Crippen LogP) is 6.71. The van der Waals surface area contributed by atoms with E-state index in [2.05, 4.69) is 15.8 Å². The van der Waals surface area contributed by atoms with Crippen LogP contribution in [0.15, 0.2) is 65.8 Å². The zero-order valence-corrected chi connectivity index (χ0v) is 19.1. The van der Waals surface area contributed by atoms with Crippen LogP contribution in [-0.2, 0) is 0 Å². The minimum atomic E-state index is -0.454. The number of hydrogen-bond donors (Lipinski definition) is 2. The topological polar surface area (TPSA) is 70.6 Å². The van der Waals surface area contributed by atoms with Crippen LogP contribution in [0.25, 0.3) is 0 Å². The number of carbonyl (C=O) groups is 2. The molecule has 0 spiro atoms. The SMILES string of the molecule is C/C(=N\NC(=O)c1ccc(Cl)cc1Cl)c1ccc(NC(=O)c2ccc(Cl)cc2Cl)cc1. The Hall–Kier alpha value is -2.57. The minimum absolute atomic E-state index is 0.235. The Morgan fingerprint density at radius 1 is 0.742 bits per heavy atom. The van der Waals surface area contributed by atoms with Crippen LogP contribution < -0.4 is 10.7 Å². The Bertz CT molecular complexity index is 1180. The van der Waals surface area contributed by atoms with Gasteiger partial charge in [-0.1, -0.05) is 58.5 Å². The normalized spacial score (nSPS) is 11.2. The second-order valence-electron chi connectivity index (χ2n) is 6.42. The van der Waals surface area contributed by atoms with Gasteiger partial charge in [-0.25, -0.2) is 5.43 Å². The van der Waals surface area contributed by atoms with E-state index in [-0.39, 0.29) is 21.5 Å². The van der Waals surface area contributed by atoms with Crippen molar-refractivity contribution in [2.24, 2.45) is 5.10 Å². The zero-order chi connectivity index (χ0) is 22.5. The lowest BCUT2D eigenvalue weighted by Crippen LogP contribution is -2.19. The van der Waals surface area contributed by atoms with Gasteiger partial charge in [-0.15, -0.1) is 0 Å². The molecule has 0 atom stereocenters. The van der Waals surface area contributed by atoms with Crippen LogP contribution in [0, 0.1) is 0 Å². The number of hydrazone groups is 1. The number of halogens is 4. The lowest BCUT2D eigenvalue weighted by molar-refractivity contribution is 0.0954. The molecule has 0 bridgehead atoms. The molecule has 3 aromatic carbocycles. The van der Waals surface area contributed by atoms with E-state index >= 15 is 0 Å². The molecule has 3 aromatic rings. The van der Waals surface area contributed by atoms with Gasteiger partial charge in [0.1, 0.15) is 0 Å². The van der Waals surface area contributed by atoms with Crippen molar-refractivity contribution in [2.45, 2.75) is 6.92 Å². The molecule has 0 aliphatic carbocycles. The standard InChI is InChI=1S/C22H15Cl4N3O2/c1-12(28-29-22(31)18-9-5-15(24)11-20(18)26)13-2-6-16(7-3-13)27-21(30)17-8-4-14(23)10-19(17)25/h2-11H,1H3,(H,27,30)(H,29,31)/b28-12+. The highest BCUT2D eigenvalue weighted by Gasteiger charge is 2.12. The molecule has 5 nitrogen and oxygen atoms in total. The summed E-state index contributed by atoms with van der Waals surface area (Å²) in [6.07, 6.45) is 0. The summed E-state index contributed by atoms with van der Waals surface area (Å²) in [4.78, 5) is 24.7. The molecule has 0 heterocycles. The maximum absolute atomic E-state index is 12.4. The average molecular weight is 495 g/mol. The second kappa shape index (κ2) is 10.2. The van der Waals surface area contributed by atoms with Gasteiger partial charge in [-0.2, -0.15) is 5.10 Å². The number of carbonyl (C=O) groups excluding carboxylic acids is 2. The molecule has 158 valence electrons. The lowest BCUT2D eigenvalue weighted by Gasteiger charge is -2.08. The van der Waals surface area contributed by atoms with Crippen molar-refractivity contribution in [3.63, 3.8) is 0 Å². The van der Waals surface area contributed by atoms with E-state index < -0.39 is 5.91 Å². The van der Waals surface area contributed by atoms with Crippen LogP contribution in [0.3, 0.4) is 0 Å². The molecule has 0 radical (unpaired) electrons. The summed E-state index contributed by atoms with van der Waals surface area (Å²) >= 11 is 23.8. The minimum Gasteiger partial charge on any atom is -0.322 e. The van der Waals surface area contributed by atoms with Crippen molar-refractivity contribution in [3.8, 4) is 0 Å². The monoisotopic (exact) mass is 493 g/mol. The van der Waals surface area contributed by atoms with Gasteiger partial charge in [0, 0.05) is 15.7 Å². The fourth-order valence-electron chi connectivity index (χ4n) is 2.60. The molecule has 3 rings (SSSR count). The average Bonchev–Trinajstić information content (AvgIpc) is 2.72. The van der Waals surface area contributed by atoms with Gasteiger partial charge in [0.25, 0.3) is 11.8 Å². The number of rotatable bonds is 5. The summed E-state index contributed by atoms with van der Waals surface area (Å²) in [5.41, 5.74) is 4.94. The fraction of sp³-hybridized carbons (Fsp3) is 0.0455. The first-order chi connectivity index (χ1) is 14.7. The van der Waals surface area contributed by atoms with E-state index in [9.17, 15) is 9.59 Å². The maximum Gasteiger partial charge on any atom is 0.272 e. The lowest BCUT2D eigenvalue weighted by atomic mass is 10.1. The summed E-state index contributed by atoms with van der Waals surface area (Å²) in [5.74, 6) is -0.809. The highest BCUT2D eigenvalue weighted by Crippen LogP contribution is 2.23. The number of benzene rings is 3. The van der Waals surface area contributed by atoms with Crippen LogP contribution in [-0.4, -0.2) is 17.5 Å². The van der Waals surface area contributed by atoms with Crippen molar-refractivity contribution in [1.82, 2.24) is 5.43 Å². The van der Waals surface area contributed by atoms with Crippen LogP contribution in [0.1, 0.15) is 33.2 Å². The molecule has 0 saturated heterocycles. The van der Waals surface area contributed by atoms with Crippen LogP contribution in [0.4, 0.5) is 5.69 Å². The molecular weight excluding hydrogens is 480 g/mol. The number of anilines is 1. The smallest absolute Gasteiger partial charge is 0.272 e. The Morgan fingerprint density at radius 2 is 1.26 bits per heavy atom. The first kappa shape index (κ1) is 23.1. The highest BCUT2D eigenvalue weighted by molar-refractivity contribution is 6.37. The molecule has 0 unspecified atom stereocenters. The first-order valence-corrected chi connectivity index (χ1v) is 10.4. The van der Waals surface area contributed by atoms with Crippen LogP contribution in [0.2, 0.25) is 20.1 Å². The largest absolute Gasteiger partial charge is 0.322 e. The molecule has 0 aliphatic rings. The van der Waals surface area contributed by atoms with E-state index in [1.807, 2.05) is 0 Å². The Labute approximate surface area is 199 Å². The number of nitrogens with one attached hydrogen (secondary N) is 2. The van der Waals surface area contributed by atoms with Gasteiger partial charge < -0.3 is 5.32 Å². The predicted molar refractivity (Wildman–Crippen MR) is 127 cm³/mol. The molecule has 0 aromatic heterocycles. The van der Waals surface area contributed by atoms with E-state index in [1.54, 1.807) is 49.4 Å². The summed E-state index contributed by atoms with van der Waals surface area (Å²) in [6.45, 7) is 1.74. The third-order valence-corrected chi connectivity index (χ3v) is 5.33. The molecule has 0 fully saturated rings. The first-order valence-electron chi connectivity index (χ1n) is 8.91. The number of amides is 2. The van der Waals surface area contributed by atoms with E-state index in [4.69, 9.17) is 46.4 Å². The fourth-order valence-corrected chi connectivity index (χ4v) is 3.59. The van der Waals surface area contributed by atoms with Crippen molar-refractivity contribution >= 4 is 69.6 Å². The summed E-state index contributed by atoms with van der Waals surface area (Å²) in [7, 11) is 0. The Kier molecular flexibility index (Phi) is 7.57. The van der Waals surface area contributed by atoms with Crippen molar-refractivity contribution in [2.75, 3.05) is 5.32 Å². The van der Waals surface area contributed by atoms with Crippen LogP contribution in [0.5, 0.6) is 0 Å². The van der Waals surface area contributed by atoms with Gasteiger partial charge in [-0.05, 0) is 61.0 Å². The zero-order valence-electron chi connectivity index (χ0n) is 16.0. The van der Waals surface area contributed by atoms with Crippen molar-refractivity contribution in [3.05, 3.63) is 97.4 Å². The highest BCUT2D eigenvalue weighted by atomic mass is 35.5. The van der Waals surface area contributed by atoms with Crippen LogP contribution >= 0.6 is 46.4 Å². The van der Waals surface area contributed by atoms with Gasteiger partial charge >= 0.3 is 0 Å². The molecule has 2 N–H and O–H groups in total. The molecule has 31 heavy (non-hydrogen) atoms. The summed E-state index contributed by atoms with van der Waals surface area (Å²) in [6, 6.07) is 16.2. The molecule has 2 amide bonds. The third-order valence-electron chi connectivity index (χ3n) is 4.24. The summed E-state index contributed by atoms with van der Waals surface area (Å²) < 4.78 is 0.